The second-order valence-corrected chi connectivity index (χ2v) is 11.0. The average molecular weight is 527 g/mol. The number of hydrogen-bond donors (Lipinski definition) is 7. The molecule has 1 amide bonds. The fourth-order valence-corrected chi connectivity index (χ4v) is 6.76. The maximum absolute atomic E-state index is 13.8. The van der Waals surface area contributed by atoms with E-state index in [1.54, 1.807) is 20.2 Å². The first kappa shape index (κ1) is 26.4. The van der Waals surface area contributed by atoms with Gasteiger partial charge in [-0.15, -0.1) is 0 Å². The number of nitrogens with zero attached hydrogens (tertiary/aromatic N) is 1. The number of Topliss-reactive ketones (excluding diaryl/α,β-unsaturated/α-hetero) is 2. The van der Waals surface area contributed by atoms with Crippen molar-refractivity contribution < 1.29 is 34.8 Å². The minimum Gasteiger partial charge on any atom is -0.510 e. The fourth-order valence-electron chi connectivity index (χ4n) is 6.76. The van der Waals surface area contributed by atoms with Crippen molar-refractivity contribution >= 4 is 17.5 Å². The number of nitrogens with two attached hydrogens (primary N) is 1. The van der Waals surface area contributed by atoms with Crippen LogP contribution >= 0.6 is 0 Å². The predicted octanol–water partition coefficient (Wildman–Crippen LogP) is -0.0378. The number of rotatable bonds is 5. The van der Waals surface area contributed by atoms with E-state index in [4.69, 9.17) is 5.73 Å². The third-order valence-corrected chi connectivity index (χ3v) is 8.62. The fraction of sp³-hybridized carbons (Fsp3) is 0.519. The summed E-state index contributed by atoms with van der Waals surface area (Å²) in [6.45, 7) is 2.35. The molecule has 11 nitrogen and oxygen atoms in total. The highest BCUT2D eigenvalue weighted by molar-refractivity contribution is 6.24. The van der Waals surface area contributed by atoms with E-state index in [0.29, 0.717) is 18.2 Å². The Balaban J connectivity index is 1.58. The maximum atomic E-state index is 13.8. The van der Waals surface area contributed by atoms with Gasteiger partial charge in [0.1, 0.15) is 22.8 Å². The molecule has 4 unspecified atom stereocenters. The van der Waals surface area contributed by atoms with Crippen LogP contribution < -0.4 is 16.4 Å². The molecule has 1 aliphatic heterocycles. The third-order valence-electron chi connectivity index (χ3n) is 8.62. The number of benzene rings is 1. The first-order chi connectivity index (χ1) is 18.0. The lowest BCUT2D eigenvalue weighted by Crippen LogP contribution is -2.63. The quantitative estimate of drug-likeness (QED) is 0.257. The molecule has 38 heavy (non-hydrogen) atoms. The summed E-state index contributed by atoms with van der Waals surface area (Å²) in [5.41, 5.74) is 3.32. The van der Waals surface area contributed by atoms with Crippen LogP contribution in [0, 0.1) is 11.8 Å². The molecule has 4 atom stereocenters. The van der Waals surface area contributed by atoms with E-state index in [2.05, 4.69) is 10.6 Å². The van der Waals surface area contributed by atoms with Crippen molar-refractivity contribution in [2.24, 2.45) is 17.6 Å². The minimum atomic E-state index is -2.63. The first-order valence-corrected chi connectivity index (χ1v) is 12.9. The molecule has 1 fully saturated rings. The smallest absolute Gasteiger partial charge is 0.255 e. The SMILES string of the molecule is CN(C)C1C(O)=C(C(N)=O)C(=O)C2(O)C(O)=C3C(=O)c4c(O)ccc(CNC5CCNCC5)c4CC3CC12. The normalized spacial score (nSPS) is 29.8. The molecule has 0 bridgehead atoms. The number of allylic oxidation sites excluding steroid dienone is 1. The van der Waals surface area contributed by atoms with Crippen LogP contribution in [0.2, 0.25) is 0 Å². The van der Waals surface area contributed by atoms with Crippen LogP contribution in [0.4, 0.5) is 0 Å². The number of primary amides is 1. The number of hydrogen-bond acceptors (Lipinski definition) is 10. The number of amides is 1. The summed E-state index contributed by atoms with van der Waals surface area (Å²) in [5.74, 6) is -6.45. The third kappa shape index (κ3) is 3.84. The maximum Gasteiger partial charge on any atom is 0.255 e. The number of carbonyl (C=O) groups excluding carboxylic acids is 3. The van der Waals surface area contributed by atoms with Crippen LogP contribution in [-0.4, -0.2) is 87.7 Å². The van der Waals surface area contributed by atoms with Crippen LogP contribution in [-0.2, 0) is 22.6 Å². The highest BCUT2D eigenvalue weighted by atomic mass is 16.3. The van der Waals surface area contributed by atoms with Gasteiger partial charge in [0.2, 0.25) is 5.78 Å². The van der Waals surface area contributed by atoms with Gasteiger partial charge >= 0.3 is 0 Å². The molecule has 1 heterocycles. The minimum absolute atomic E-state index is 0.0374. The van der Waals surface area contributed by atoms with E-state index in [1.165, 1.54) is 11.0 Å². The summed E-state index contributed by atoms with van der Waals surface area (Å²) >= 11 is 0. The number of nitrogens with one attached hydrogen (secondary N) is 2. The van der Waals surface area contributed by atoms with Crippen LogP contribution in [0.25, 0.3) is 0 Å². The Morgan fingerprint density at radius 1 is 1.18 bits per heavy atom. The van der Waals surface area contributed by atoms with Crippen LogP contribution in [0.1, 0.15) is 40.7 Å². The summed E-state index contributed by atoms with van der Waals surface area (Å²) < 4.78 is 0. The number of aliphatic hydroxyl groups is 3. The van der Waals surface area contributed by atoms with Crippen molar-refractivity contribution in [3.63, 3.8) is 0 Å². The molecule has 0 spiro atoms. The van der Waals surface area contributed by atoms with E-state index in [9.17, 15) is 34.8 Å². The van der Waals surface area contributed by atoms with E-state index >= 15 is 0 Å². The van der Waals surface area contributed by atoms with Crippen LogP contribution in [0.3, 0.4) is 0 Å². The van der Waals surface area contributed by atoms with E-state index < -0.39 is 58.0 Å². The molecule has 1 saturated heterocycles. The van der Waals surface area contributed by atoms with Gasteiger partial charge < -0.3 is 36.8 Å². The highest BCUT2D eigenvalue weighted by Gasteiger charge is 2.63. The Bertz CT molecular complexity index is 1280. The van der Waals surface area contributed by atoms with E-state index in [0.717, 1.165) is 31.5 Å². The molecular formula is C27H34N4O7. The molecule has 11 heteroatoms. The van der Waals surface area contributed by atoms with Crippen LogP contribution in [0.5, 0.6) is 5.75 Å². The number of likely N-dealkylation sites (N-methyl/N-ethyl adjacent to an activating group) is 1. The molecule has 5 rings (SSSR count). The first-order valence-electron chi connectivity index (χ1n) is 12.9. The Hall–Kier alpha value is -3.25. The monoisotopic (exact) mass is 526 g/mol. The second-order valence-electron chi connectivity index (χ2n) is 11.0. The molecule has 4 aliphatic rings. The topological polar surface area (TPSA) is 185 Å². The lowest BCUT2D eigenvalue weighted by Gasteiger charge is -2.50. The molecule has 1 aromatic rings. The van der Waals surface area contributed by atoms with Gasteiger partial charge in [0.15, 0.2) is 11.4 Å². The van der Waals surface area contributed by atoms with E-state index in [-0.39, 0.29) is 29.7 Å². The number of ketones is 2. The van der Waals surface area contributed by atoms with E-state index in [1.807, 2.05) is 0 Å². The zero-order valence-corrected chi connectivity index (χ0v) is 21.5. The molecular weight excluding hydrogens is 492 g/mol. The van der Waals surface area contributed by atoms with Crippen molar-refractivity contribution in [3.8, 4) is 5.75 Å². The number of phenolic OH excluding ortho intramolecular Hbond substituents is 1. The number of piperidine rings is 1. The van der Waals surface area contributed by atoms with Gasteiger partial charge in [0.25, 0.3) is 5.91 Å². The summed E-state index contributed by atoms with van der Waals surface area (Å²) in [5, 5.41) is 51.4. The van der Waals surface area contributed by atoms with Gasteiger partial charge in [-0.1, -0.05) is 6.07 Å². The van der Waals surface area contributed by atoms with Crippen molar-refractivity contribution in [1.82, 2.24) is 15.5 Å². The second kappa shape index (κ2) is 9.49. The number of fused-ring (bicyclic) bond motifs is 3. The van der Waals surface area contributed by atoms with Crippen LogP contribution in [0.15, 0.2) is 34.8 Å². The van der Waals surface area contributed by atoms with Crippen molar-refractivity contribution in [2.75, 3.05) is 27.2 Å². The van der Waals surface area contributed by atoms with Gasteiger partial charge in [0.05, 0.1) is 11.6 Å². The number of phenols is 1. The number of aliphatic hydroxyl groups excluding tert-OH is 2. The molecule has 0 aromatic heterocycles. The van der Waals surface area contributed by atoms with Gasteiger partial charge in [-0.2, -0.15) is 0 Å². The van der Waals surface area contributed by atoms with Gasteiger partial charge in [-0.25, -0.2) is 0 Å². The van der Waals surface area contributed by atoms with Gasteiger partial charge in [0, 0.05) is 24.1 Å². The standard InChI is InChI=1S/C27H34N4O7/c1-31(2)21-16-10-13-9-15-12(11-30-14-5-7-29-8-6-14)3-4-17(32)19(15)22(33)18(13)24(35)27(16,38)25(36)20(23(21)34)26(28)37/h3-4,13-14,16,21,29-30,32,34-35,38H,5-11H2,1-2H3,(H2,28,37). The molecule has 3 aliphatic carbocycles. The van der Waals surface area contributed by atoms with Crippen molar-refractivity contribution in [2.45, 2.75) is 49.9 Å². The lowest BCUT2D eigenvalue weighted by atomic mass is 9.58. The Morgan fingerprint density at radius 3 is 2.50 bits per heavy atom. The Kier molecular flexibility index (Phi) is 6.59. The summed E-state index contributed by atoms with van der Waals surface area (Å²) in [4.78, 5) is 40.7. The summed E-state index contributed by atoms with van der Waals surface area (Å²) in [7, 11) is 3.21. The average Bonchev–Trinajstić information content (AvgIpc) is 2.86. The number of aromatic hydroxyl groups is 1. The van der Waals surface area contributed by atoms with Crippen molar-refractivity contribution in [1.29, 1.82) is 0 Å². The lowest BCUT2D eigenvalue weighted by molar-refractivity contribution is -0.148. The Labute approximate surface area is 220 Å². The van der Waals surface area contributed by atoms with Gasteiger partial charge in [-0.05, 0) is 76.0 Å². The molecule has 8 N–H and O–H groups in total. The summed E-state index contributed by atoms with van der Waals surface area (Å²) in [6, 6.07) is 2.54. The summed E-state index contributed by atoms with van der Waals surface area (Å²) in [6.07, 6.45) is 2.31. The number of carbonyl (C=O) groups is 3. The zero-order chi connectivity index (χ0) is 27.5. The van der Waals surface area contributed by atoms with Crippen molar-refractivity contribution in [3.05, 3.63) is 51.5 Å². The largest absolute Gasteiger partial charge is 0.510 e. The molecule has 204 valence electrons. The molecule has 0 radical (unpaired) electrons. The highest BCUT2D eigenvalue weighted by Crippen LogP contribution is 2.52. The molecule has 1 aromatic carbocycles. The molecule has 0 saturated carbocycles. The zero-order valence-electron chi connectivity index (χ0n) is 21.5. The predicted molar refractivity (Wildman–Crippen MR) is 136 cm³/mol. The van der Waals surface area contributed by atoms with Gasteiger partial charge in [-0.3, -0.25) is 19.3 Å². The Morgan fingerprint density at radius 2 is 1.87 bits per heavy atom.